The molecule has 5 N–H and O–H groups in total. The Bertz CT molecular complexity index is 1340. The molecule has 190 valence electrons. The van der Waals surface area contributed by atoms with E-state index >= 15 is 0 Å². The number of nitrogens with one attached hydrogen (secondary N) is 3. The lowest BCUT2D eigenvalue weighted by atomic mass is 9.97. The van der Waals surface area contributed by atoms with E-state index in [0.717, 1.165) is 23.1 Å². The second-order valence-electron chi connectivity index (χ2n) is 8.54. The maximum atomic E-state index is 12.8. The zero-order valence-corrected chi connectivity index (χ0v) is 20.5. The third-order valence-electron chi connectivity index (χ3n) is 6.04. The quantitative estimate of drug-likeness (QED) is 0.0871. The molecule has 0 aliphatic heterocycles. The molecule has 0 heterocycles. The molecule has 1 unspecified atom stereocenters. The van der Waals surface area contributed by atoms with Gasteiger partial charge in [0.2, 0.25) is 5.91 Å². The highest BCUT2D eigenvalue weighted by molar-refractivity contribution is 5.97. The van der Waals surface area contributed by atoms with Crippen LogP contribution >= 0.6 is 0 Å². The van der Waals surface area contributed by atoms with Crippen molar-refractivity contribution in [2.45, 2.75) is 25.8 Å². The molecular weight excluding hydrogens is 470 g/mol. The van der Waals surface area contributed by atoms with Crippen LogP contribution in [0.15, 0.2) is 71.7 Å². The molecule has 9 nitrogen and oxygen atoms in total. The number of hydrogen-bond acceptors (Lipinski definition) is 6. The summed E-state index contributed by atoms with van der Waals surface area (Å²) in [5.41, 5.74) is 8.72. The summed E-state index contributed by atoms with van der Waals surface area (Å²) < 4.78 is 5.13. The predicted octanol–water partition coefficient (Wildman–Crippen LogP) is 2.92. The minimum absolute atomic E-state index is 0.0194. The first-order valence-electron chi connectivity index (χ1n) is 12.0. The second-order valence-corrected chi connectivity index (χ2v) is 8.54. The summed E-state index contributed by atoms with van der Waals surface area (Å²) in [5, 5.41) is 5.49. The summed E-state index contributed by atoms with van der Waals surface area (Å²) in [6.07, 6.45) is 2.07. The van der Waals surface area contributed by atoms with Gasteiger partial charge in [0.1, 0.15) is 6.34 Å². The average molecular weight is 500 g/mol. The number of esters is 1. The fourth-order valence-electron chi connectivity index (χ4n) is 4.37. The van der Waals surface area contributed by atoms with Gasteiger partial charge in [-0.1, -0.05) is 48.5 Å². The summed E-state index contributed by atoms with van der Waals surface area (Å²) in [5.74, 6) is 3.92. The molecule has 4 rings (SSSR count). The number of rotatable bonds is 10. The third-order valence-corrected chi connectivity index (χ3v) is 6.04. The molecule has 9 heteroatoms. The third kappa shape index (κ3) is 6.39. The molecule has 0 bridgehead atoms. The number of amides is 2. The smallest absolute Gasteiger partial charge is 0.308 e. The fourth-order valence-corrected chi connectivity index (χ4v) is 4.37. The first kappa shape index (κ1) is 25.6. The number of fused-ring (bicyclic) bond motifs is 3. The van der Waals surface area contributed by atoms with Crippen LogP contribution in [-0.2, 0) is 20.7 Å². The Hall–Kier alpha value is -4.50. The number of benzene rings is 3. The van der Waals surface area contributed by atoms with Crippen LogP contribution in [0.25, 0.3) is 11.1 Å². The SMILES string of the molecule is CCOC(=O)CC(NC(=O)CNC(=O)c1cccc(N=CNN)c1)c1ccc2c(c1)Cc1ccccc1-2. The number of hydrogen-bond donors (Lipinski definition) is 4. The molecular formula is C28H29N5O4. The van der Waals surface area contributed by atoms with Crippen LogP contribution in [0.1, 0.15) is 46.4 Å². The van der Waals surface area contributed by atoms with E-state index in [1.54, 1.807) is 31.2 Å². The molecule has 1 aliphatic rings. The van der Waals surface area contributed by atoms with Crippen LogP contribution in [0.4, 0.5) is 5.69 Å². The maximum absolute atomic E-state index is 12.8. The molecule has 0 saturated heterocycles. The van der Waals surface area contributed by atoms with Gasteiger partial charge in [-0.2, -0.15) is 0 Å². The fraction of sp³-hybridized carbons (Fsp3) is 0.214. The lowest BCUT2D eigenvalue weighted by molar-refractivity contribution is -0.143. The van der Waals surface area contributed by atoms with Crippen molar-refractivity contribution in [3.05, 3.63) is 89.0 Å². The van der Waals surface area contributed by atoms with Crippen molar-refractivity contribution >= 4 is 29.8 Å². The molecule has 0 spiro atoms. The van der Waals surface area contributed by atoms with Crippen molar-refractivity contribution in [3.8, 4) is 11.1 Å². The van der Waals surface area contributed by atoms with Crippen LogP contribution in [0.3, 0.4) is 0 Å². The first-order valence-corrected chi connectivity index (χ1v) is 12.0. The highest BCUT2D eigenvalue weighted by atomic mass is 16.5. The highest BCUT2D eigenvalue weighted by Gasteiger charge is 2.23. The molecule has 3 aromatic carbocycles. The number of carbonyl (C=O) groups excluding carboxylic acids is 3. The monoisotopic (exact) mass is 499 g/mol. The van der Waals surface area contributed by atoms with Crippen molar-refractivity contribution in [2.24, 2.45) is 10.8 Å². The number of ether oxygens (including phenoxy) is 1. The van der Waals surface area contributed by atoms with Crippen LogP contribution in [0, 0.1) is 0 Å². The summed E-state index contributed by atoms with van der Waals surface area (Å²) in [4.78, 5) is 41.7. The Morgan fingerprint density at radius 3 is 2.65 bits per heavy atom. The molecule has 0 radical (unpaired) electrons. The van der Waals surface area contributed by atoms with Gasteiger partial charge in [-0.3, -0.25) is 14.4 Å². The second kappa shape index (κ2) is 12.0. The number of aliphatic imine (C=N–C) groups is 1. The van der Waals surface area contributed by atoms with Gasteiger partial charge in [0.25, 0.3) is 5.91 Å². The average Bonchev–Trinajstić information content (AvgIpc) is 3.28. The van der Waals surface area contributed by atoms with E-state index in [9.17, 15) is 14.4 Å². The normalized spacial score (nSPS) is 12.4. The molecule has 0 aromatic heterocycles. The van der Waals surface area contributed by atoms with Crippen LogP contribution in [0.5, 0.6) is 0 Å². The van der Waals surface area contributed by atoms with Gasteiger partial charge in [0.05, 0.1) is 31.3 Å². The summed E-state index contributed by atoms with van der Waals surface area (Å²) in [6, 6.07) is 20.2. The number of carbonyl (C=O) groups is 3. The minimum Gasteiger partial charge on any atom is -0.466 e. The molecule has 1 aliphatic carbocycles. The molecule has 0 saturated carbocycles. The maximum Gasteiger partial charge on any atom is 0.308 e. The molecule has 3 aromatic rings. The minimum atomic E-state index is -0.598. The van der Waals surface area contributed by atoms with E-state index < -0.39 is 23.8 Å². The van der Waals surface area contributed by atoms with E-state index in [-0.39, 0.29) is 19.6 Å². The van der Waals surface area contributed by atoms with Gasteiger partial charge >= 0.3 is 5.97 Å². The van der Waals surface area contributed by atoms with Crippen molar-refractivity contribution in [3.63, 3.8) is 0 Å². The van der Waals surface area contributed by atoms with Gasteiger partial charge in [0, 0.05) is 5.56 Å². The number of nitrogens with two attached hydrogens (primary N) is 1. The van der Waals surface area contributed by atoms with Crippen LogP contribution in [0.2, 0.25) is 0 Å². The van der Waals surface area contributed by atoms with Gasteiger partial charge < -0.3 is 20.8 Å². The topological polar surface area (TPSA) is 135 Å². The predicted molar refractivity (Wildman–Crippen MR) is 141 cm³/mol. The van der Waals surface area contributed by atoms with Crippen LogP contribution in [-0.4, -0.2) is 37.3 Å². The van der Waals surface area contributed by atoms with Crippen molar-refractivity contribution in [1.29, 1.82) is 0 Å². The van der Waals surface area contributed by atoms with E-state index in [4.69, 9.17) is 10.6 Å². The molecule has 1 atom stereocenters. The zero-order valence-electron chi connectivity index (χ0n) is 20.5. The Balaban J connectivity index is 1.44. The Labute approximate surface area is 215 Å². The summed E-state index contributed by atoms with van der Waals surface area (Å²) in [6.45, 7) is 1.73. The summed E-state index contributed by atoms with van der Waals surface area (Å²) >= 11 is 0. The van der Waals surface area contributed by atoms with Gasteiger partial charge in [-0.05, 0) is 59.4 Å². The van der Waals surface area contributed by atoms with Gasteiger partial charge in [-0.15, -0.1) is 0 Å². The van der Waals surface area contributed by atoms with Gasteiger partial charge in [-0.25, -0.2) is 10.8 Å². The highest BCUT2D eigenvalue weighted by Crippen LogP contribution is 2.37. The first-order chi connectivity index (χ1) is 18.0. The van der Waals surface area contributed by atoms with E-state index in [1.807, 2.05) is 30.3 Å². The molecule has 0 fully saturated rings. The lowest BCUT2D eigenvalue weighted by Gasteiger charge is -2.20. The van der Waals surface area contributed by atoms with E-state index in [1.165, 1.54) is 17.5 Å². The molecule has 2 amide bonds. The lowest BCUT2D eigenvalue weighted by Crippen LogP contribution is -2.39. The zero-order chi connectivity index (χ0) is 26.2. The number of nitrogens with zero attached hydrogens (tertiary/aromatic N) is 1. The van der Waals surface area contributed by atoms with Crippen molar-refractivity contribution in [2.75, 3.05) is 13.2 Å². The van der Waals surface area contributed by atoms with Crippen molar-refractivity contribution in [1.82, 2.24) is 16.1 Å². The number of hydrazine groups is 1. The largest absolute Gasteiger partial charge is 0.466 e. The Morgan fingerprint density at radius 1 is 1.03 bits per heavy atom. The Morgan fingerprint density at radius 2 is 1.84 bits per heavy atom. The van der Waals surface area contributed by atoms with Gasteiger partial charge in [0.15, 0.2) is 0 Å². The standard InChI is InChI=1S/C28H29N5O4/c1-2-37-27(35)15-25(19-10-11-24-21(13-19)12-18-6-3-4-9-23(18)24)33-26(34)16-30-28(36)20-7-5-8-22(14-20)31-17-32-29/h3-11,13-14,17,25H,2,12,15-16,29H2,1H3,(H,30,36)(H,31,32)(H,33,34). The summed E-state index contributed by atoms with van der Waals surface area (Å²) in [7, 11) is 0. The molecule has 37 heavy (non-hydrogen) atoms. The van der Waals surface area contributed by atoms with E-state index in [0.29, 0.717) is 11.3 Å². The van der Waals surface area contributed by atoms with Crippen molar-refractivity contribution < 1.29 is 19.1 Å². The van der Waals surface area contributed by atoms with E-state index in [2.05, 4.69) is 33.2 Å². The van der Waals surface area contributed by atoms with Crippen LogP contribution < -0.4 is 21.9 Å². The Kier molecular flexibility index (Phi) is 8.27.